The molecule has 0 bridgehead atoms. The van der Waals surface area contributed by atoms with Crippen molar-refractivity contribution in [2.75, 3.05) is 0 Å². The van der Waals surface area contributed by atoms with Gasteiger partial charge in [-0.05, 0) is 29.1 Å². The molecule has 0 N–H and O–H groups in total. The van der Waals surface area contributed by atoms with E-state index in [2.05, 4.69) is 4.98 Å². The summed E-state index contributed by atoms with van der Waals surface area (Å²) in [6.07, 6.45) is 0. The summed E-state index contributed by atoms with van der Waals surface area (Å²) in [7, 11) is 1.70. The highest BCUT2D eigenvalue weighted by molar-refractivity contribution is 7.98. The van der Waals surface area contributed by atoms with Crippen LogP contribution in [0.15, 0.2) is 39.6 Å². The molecular weight excluding hydrogens is 331 g/mol. The van der Waals surface area contributed by atoms with Gasteiger partial charge in [0.1, 0.15) is 10.6 Å². The second-order valence-electron chi connectivity index (χ2n) is 4.42. The van der Waals surface area contributed by atoms with Gasteiger partial charge in [-0.15, -0.1) is 11.3 Å². The Balaban J connectivity index is 1.91. The maximum atomic E-state index is 13.0. The average Bonchev–Trinajstić information content (AvgIpc) is 2.91. The van der Waals surface area contributed by atoms with E-state index in [9.17, 15) is 9.18 Å². The topological polar surface area (TPSA) is 34.9 Å². The maximum Gasteiger partial charge on any atom is 0.262 e. The fourth-order valence-electron chi connectivity index (χ4n) is 1.89. The molecule has 0 radical (unpaired) electrons. The molecule has 1 aromatic carbocycles. The van der Waals surface area contributed by atoms with Crippen molar-refractivity contribution >= 4 is 44.9 Å². The maximum absolute atomic E-state index is 13.0. The van der Waals surface area contributed by atoms with Gasteiger partial charge in [0.15, 0.2) is 5.16 Å². The molecule has 0 spiro atoms. The average molecular weight is 341 g/mol. The zero-order valence-corrected chi connectivity index (χ0v) is 13.4. The molecule has 0 aliphatic rings. The molecule has 0 saturated heterocycles. The Kier molecular flexibility index (Phi) is 4.01. The lowest BCUT2D eigenvalue weighted by atomic mass is 10.2. The Labute approximate surface area is 133 Å². The van der Waals surface area contributed by atoms with Gasteiger partial charge in [-0.2, -0.15) is 0 Å². The van der Waals surface area contributed by atoms with E-state index in [1.807, 2.05) is 5.38 Å². The van der Waals surface area contributed by atoms with Gasteiger partial charge in [-0.25, -0.2) is 9.37 Å². The lowest BCUT2D eigenvalue weighted by Gasteiger charge is -2.08. The van der Waals surface area contributed by atoms with Crippen molar-refractivity contribution in [2.24, 2.45) is 7.05 Å². The SMILES string of the molecule is Cn1c(SCc2ccc(F)cc2Cl)nc2sccc2c1=O. The summed E-state index contributed by atoms with van der Waals surface area (Å²) in [5.74, 6) is 0.162. The van der Waals surface area contributed by atoms with Crippen LogP contribution < -0.4 is 5.56 Å². The summed E-state index contributed by atoms with van der Waals surface area (Å²) >= 11 is 8.85. The van der Waals surface area contributed by atoms with Crippen LogP contribution in [0.3, 0.4) is 0 Å². The van der Waals surface area contributed by atoms with Gasteiger partial charge in [0.05, 0.1) is 5.39 Å². The van der Waals surface area contributed by atoms with E-state index >= 15 is 0 Å². The summed E-state index contributed by atoms with van der Waals surface area (Å²) in [6.45, 7) is 0. The molecule has 7 heteroatoms. The van der Waals surface area contributed by atoms with Crippen LogP contribution in [0.2, 0.25) is 5.02 Å². The van der Waals surface area contributed by atoms with Crippen LogP contribution in [-0.4, -0.2) is 9.55 Å². The largest absolute Gasteiger partial charge is 0.290 e. The Hall–Kier alpha value is -1.37. The van der Waals surface area contributed by atoms with E-state index in [1.165, 1.54) is 39.8 Å². The van der Waals surface area contributed by atoms with Crippen molar-refractivity contribution in [3.8, 4) is 0 Å². The summed E-state index contributed by atoms with van der Waals surface area (Å²) in [4.78, 5) is 17.4. The molecule has 3 rings (SSSR count). The van der Waals surface area contributed by atoms with Crippen molar-refractivity contribution in [1.29, 1.82) is 0 Å². The lowest BCUT2D eigenvalue weighted by Crippen LogP contribution is -2.19. The van der Waals surface area contributed by atoms with Crippen molar-refractivity contribution < 1.29 is 4.39 Å². The minimum atomic E-state index is -0.362. The first-order valence-corrected chi connectivity index (χ1v) is 8.31. The Bertz CT molecular complexity index is 875. The summed E-state index contributed by atoms with van der Waals surface area (Å²) in [5, 5.41) is 3.48. The number of rotatable bonds is 3. The second kappa shape index (κ2) is 5.79. The molecule has 0 amide bonds. The molecular formula is C14H10ClFN2OS2. The van der Waals surface area contributed by atoms with Crippen LogP contribution in [0.25, 0.3) is 10.2 Å². The van der Waals surface area contributed by atoms with Crippen LogP contribution in [0.5, 0.6) is 0 Å². The molecule has 0 unspecified atom stereocenters. The number of nitrogens with zero attached hydrogens (tertiary/aromatic N) is 2. The van der Waals surface area contributed by atoms with Gasteiger partial charge in [-0.1, -0.05) is 29.4 Å². The first-order chi connectivity index (χ1) is 10.1. The number of fused-ring (bicyclic) bond motifs is 1. The lowest BCUT2D eigenvalue weighted by molar-refractivity contribution is 0.627. The molecule has 0 aliphatic carbocycles. The normalized spacial score (nSPS) is 11.2. The third-order valence-electron chi connectivity index (χ3n) is 3.04. The molecule has 2 heterocycles. The van der Waals surface area contributed by atoms with Crippen LogP contribution in [-0.2, 0) is 12.8 Å². The number of hydrogen-bond donors (Lipinski definition) is 0. The summed E-state index contributed by atoms with van der Waals surface area (Å²) in [5.41, 5.74) is 0.748. The zero-order chi connectivity index (χ0) is 15.0. The van der Waals surface area contributed by atoms with Gasteiger partial charge < -0.3 is 0 Å². The van der Waals surface area contributed by atoms with Crippen LogP contribution in [0.1, 0.15) is 5.56 Å². The first-order valence-electron chi connectivity index (χ1n) is 6.07. The molecule has 0 saturated carbocycles. The monoisotopic (exact) mass is 340 g/mol. The van der Waals surface area contributed by atoms with E-state index in [0.717, 1.165) is 10.4 Å². The molecule has 3 nitrogen and oxygen atoms in total. The van der Waals surface area contributed by atoms with Gasteiger partial charge in [-0.3, -0.25) is 9.36 Å². The van der Waals surface area contributed by atoms with Crippen LogP contribution >= 0.6 is 34.7 Å². The quantitative estimate of drug-likeness (QED) is 0.532. The third-order valence-corrected chi connectivity index (χ3v) is 5.27. The fraction of sp³-hybridized carbons (Fsp3) is 0.143. The number of thioether (sulfide) groups is 1. The molecule has 108 valence electrons. The van der Waals surface area contributed by atoms with Gasteiger partial charge >= 0.3 is 0 Å². The van der Waals surface area contributed by atoms with Crippen molar-refractivity contribution in [2.45, 2.75) is 10.9 Å². The minimum absolute atomic E-state index is 0.0612. The van der Waals surface area contributed by atoms with E-state index < -0.39 is 0 Å². The van der Waals surface area contributed by atoms with E-state index in [0.29, 0.717) is 21.3 Å². The highest BCUT2D eigenvalue weighted by Crippen LogP contribution is 2.27. The predicted octanol–water partition coefficient (Wildman–Crippen LogP) is 4.08. The van der Waals surface area contributed by atoms with E-state index in [4.69, 9.17) is 11.6 Å². The van der Waals surface area contributed by atoms with Gasteiger partial charge in [0.25, 0.3) is 5.56 Å². The van der Waals surface area contributed by atoms with Crippen molar-refractivity contribution in [3.63, 3.8) is 0 Å². The minimum Gasteiger partial charge on any atom is -0.290 e. The van der Waals surface area contributed by atoms with Crippen LogP contribution in [0, 0.1) is 5.82 Å². The Morgan fingerprint density at radius 1 is 1.43 bits per heavy atom. The Morgan fingerprint density at radius 3 is 3.00 bits per heavy atom. The number of halogens is 2. The summed E-state index contributed by atoms with van der Waals surface area (Å²) in [6, 6.07) is 6.08. The zero-order valence-electron chi connectivity index (χ0n) is 11.0. The number of benzene rings is 1. The van der Waals surface area contributed by atoms with E-state index in [1.54, 1.807) is 19.2 Å². The highest BCUT2D eigenvalue weighted by Gasteiger charge is 2.11. The molecule has 0 aliphatic heterocycles. The molecule has 0 atom stereocenters. The number of thiophene rings is 1. The second-order valence-corrected chi connectivity index (χ2v) is 6.67. The summed E-state index contributed by atoms with van der Waals surface area (Å²) < 4.78 is 14.5. The van der Waals surface area contributed by atoms with Crippen LogP contribution in [0.4, 0.5) is 4.39 Å². The molecule has 21 heavy (non-hydrogen) atoms. The first kappa shape index (κ1) is 14.6. The van der Waals surface area contributed by atoms with E-state index in [-0.39, 0.29) is 11.4 Å². The Morgan fingerprint density at radius 2 is 2.24 bits per heavy atom. The smallest absolute Gasteiger partial charge is 0.262 e. The third kappa shape index (κ3) is 2.84. The molecule has 0 fully saturated rings. The van der Waals surface area contributed by atoms with Gasteiger partial charge in [0.2, 0.25) is 0 Å². The van der Waals surface area contributed by atoms with Gasteiger partial charge in [0, 0.05) is 17.8 Å². The molecule has 2 aromatic heterocycles. The molecule has 3 aromatic rings. The predicted molar refractivity (Wildman–Crippen MR) is 85.8 cm³/mol. The number of aromatic nitrogens is 2. The highest BCUT2D eigenvalue weighted by atomic mass is 35.5. The standard InChI is InChI=1S/C14H10ClFN2OS2/c1-18-13(19)10-4-5-20-12(10)17-14(18)21-7-8-2-3-9(16)6-11(8)15/h2-6H,7H2,1H3. The fourth-order valence-corrected chi connectivity index (χ4v) is 3.98. The number of hydrogen-bond acceptors (Lipinski definition) is 4. The van der Waals surface area contributed by atoms with Crippen molar-refractivity contribution in [1.82, 2.24) is 9.55 Å². The van der Waals surface area contributed by atoms with Crippen molar-refractivity contribution in [3.05, 3.63) is 56.4 Å².